The Labute approximate surface area is 128 Å². The predicted octanol–water partition coefficient (Wildman–Crippen LogP) is 3.94. The van der Waals surface area contributed by atoms with Crippen LogP contribution in [-0.4, -0.2) is 11.9 Å². The lowest BCUT2D eigenvalue weighted by Gasteiger charge is -2.13. The molecular formula is C17H18FNOS. The van der Waals surface area contributed by atoms with Gasteiger partial charge in [0.1, 0.15) is 18.2 Å². The van der Waals surface area contributed by atoms with Crippen molar-refractivity contribution in [2.75, 3.05) is 6.61 Å². The maximum absolute atomic E-state index is 13.9. The van der Waals surface area contributed by atoms with Crippen molar-refractivity contribution in [3.8, 4) is 5.75 Å². The zero-order chi connectivity index (χ0) is 14.8. The fraction of sp³-hybridized carbons (Fsp3) is 0.294. The molecule has 21 heavy (non-hydrogen) atoms. The van der Waals surface area contributed by atoms with Crippen LogP contribution in [0.2, 0.25) is 0 Å². The smallest absolute Gasteiger partial charge is 0.131 e. The second-order valence-electron chi connectivity index (χ2n) is 5.33. The van der Waals surface area contributed by atoms with Crippen molar-refractivity contribution >= 4 is 11.8 Å². The van der Waals surface area contributed by atoms with E-state index in [2.05, 4.69) is 24.3 Å². The highest BCUT2D eigenvalue weighted by Gasteiger charge is 2.22. The van der Waals surface area contributed by atoms with Crippen LogP contribution in [0.25, 0.3) is 0 Å². The van der Waals surface area contributed by atoms with Crippen molar-refractivity contribution in [2.24, 2.45) is 5.73 Å². The van der Waals surface area contributed by atoms with E-state index in [0.717, 1.165) is 6.42 Å². The minimum Gasteiger partial charge on any atom is -0.492 e. The van der Waals surface area contributed by atoms with E-state index in [1.54, 1.807) is 19.1 Å². The third-order valence-corrected chi connectivity index (χ3v) is 4.90. The van der Waals surface area contributed by atoms with Crippen LogP contribution < -0.4 is 10.5 Å². The molecule has 2 unspecified atom stereocenters. The molecule has 0 aliphatic carbocycles. The second-order valence-corrected chi connectivity index (χ2v) is 6.68. The van der Waals surface area contributed by atoms with Crippen molar-refractivity contribution in [1.82, 2.24) is 0 Å². The molecule has 3 rings (SSSR count). The van der Waals surface area contributed by atoms with Gasteiger partial charge in [-0.05, 0) is 31.0 Å². The van der Waals surface area contributed by atoms with E-state index in [9.17, 15) is 4.39 Å². The summed E-state index contributed by atoms with van der Waals surface area (Å²) in [5.74, 6) is 0.262. The summed E-state index contributed by atoms with van der Waals surface area (Å²) in [6, 6.07) is 13.0. The van der Waals surface area contributed by atoms with Gasteiger partial charge in [-0.1, -0.05) is 24.3 Å². The monoisotopic (exact) mass is 303 g/mol. The van der Waals surface area contributed by atoms with Crippen LogP contribution in [0.5, 0.6) is 5.75 Å². The molecular weight excluding hydrogens is 285 g/mol. The van der Waals surface area contributed by atoms with Gasteiger partial charge >= 0.3 is 0 Å². The molecule has 0 bridgehead atoms. The van der Waals surface area contributed by atoms with Gasteiger partial charge in [0, 0.05) is 27.8 Å². The summed E-state index contributed by atoms with van der Waals surface area (Å²) < 4.78 is 19.6. The predicted molar refractivity (Wildman–Crippen MR) is 84.3 cm³/mol. The van der Waals surface area contributed by atoms with Gasteiger partial charge in [-0.25, -0.2) is 4.39 Å². The minimum absolute atomic E-state index is 0.301. The highest BCUT2D eigenvalue weighted by atomic mass is 32.2. The second kappa shape index (κ2) is 6.08. The number of hydrogen-bond donors (Lipinski definition) is 1. The van der Waals surface area contributed by atoms with E-state index in [4.69, 9.17) is 10.5 Å². The van der Waals surface area contributed by atoms with Gasteiger partial charge in [0.2, 0.25) is 0 Å². The third-order valence-electron chi connectivity index (χ3n) is 3.61. The first-order chi connectivity index (χ1) is 10.1. The fourth-order valence-corrected chi connectivity index (χ4v) is 3.72. The Morgan fingerprint density at radius 2 is 2.14 bits per heavy atom. The highest BCUT2D eigenvalue weighted by molar-refractivity contribution is 8.00. The molecule has 0 saturated carbocycles. The first-order valence-corrected chi connectivity index (χ1v) is 7.94. The van der Waals surface area contributed by atoms with E-state index in [1.165, 1.54) is 16.5 Å². The van der Waals surface area contributed by atoms with Crippen molar-refractivity contribution in [1.29, 1.82) is 0 Å². The molecule has 0 saturated heterocycles. The summed E-state index contributed by atoms with van der Waals surface area (Å²) in [5.41, 5.74) is 7.59. The summed E-state index contributed by atoms with van der Waals surface area (Å²) in [5, 5.41) is 0.388. The van der Waals surface area contributed by atoms with Gasteiger partial charge in [-0.2, -0.15) is 0 Å². The molecule has 2 N–H and O–H groups in total. The number of rotatable bonds is 4. The van der Waals surface area contributed by atoms with Gasteiger partial charge in [-0.15, -0.1) is 11.8 Å². The average molecular weight is 303 g/mol. The Morgan fingerprint density at radius 1 is 1.33 bits per heavy atom. The molecule has 0 spiro atoms. The summed E-state index contributed by atoms with van der Waals surface area (Å²) in [7, 11) is 0. The fourth-order valence-electron chi connectivity index (χ4n) is 2.50. The summed E-state index contributed by atoms with van der Waals surface area (Å²) in [6.07, 6.45) is 1.00. The Hall–Kier alpha value is -1.52. The number of fused-ring (bicyclic) bond motifs is 1. The average Bonchev–Trinajstić information content (AvgIpc) is 2.87. The van der Waals surface area contributed by atoms with Crippen LogP contribution in [0.15, 0.2) is 47.4 Å². The molecule has 1 aliphatic rings. The molecule has 110 valence electrons. The number of thioether (sulfide) groups is 1. The molecule has 2 aromatic carbocycles. The number of nitrogens with two attached hydrogens (primary N) is 1. The molecule has 2 atom stereocenters. The highest BCUT2D eigenvalue weighted by Crippen LogP contribution is 2.37. The number of benzene rings is 2. The lowest BCUT2D eigenvalue weighted by molar-refractivity contribution is 0.315. The first-order valence-electron chi connectivity index (χ1n) is 7.06. The zero-order valence-corrected chi connectivity index (χ0v) is 12.7. The van der Waals surface area contributed by atoms with Crippen LogP contribution in [0, 0.1) is 5.82 Å². The molecule has 1 heterocycles. The molecule has 1 aliphatic heterocycles. The van der Waals surface area contributed by atoms with Gasteiger partial charge in [0.25, 0.3) is 0 Å². The maximum Gasteiger partial charge on any atom is 0.131 e. The number of hydrogen-bond acceptors (Lipinski definition) is 3. The van der Waals surface area contributed by atoms with E-state index in [1.807, 2.05) is 11.8 Å². The first kappa shape index (κ1) is 14.4. The summed E-state index contributed by atoms with van der Waals surface area (Å²) in [6.45, 7) is 2.35. The van der Waals surface area contributed by atoms with Crippen molar-refractivity contribution < 1.29 is 9.13 Å². The van der Waals surface area contributed by atoms with Crippen LogP contribution in [0.3, 0.4) is 0 Å². The normalized spacial score (nSPS) is 18.3. The van der Waals surface area contributed by atoms with Gasteiger partial charge in [-0.3, -0.25) is 0 Å². The molecule has 2 nitrogen and oxygen atoms in total. The molecule has 0 radical (unpaired) electrons. The van der Waals surface area contributed by atoms with Crippen molar-refractivity contribution in [2.45, 2.75) is 29.5 Å². The number of halogens is 1. The largest absolute Gasteiger partial charge is 0.492 e. The van der Waals surface area contributed by atoms with Crippen molar-refractivity contribution in [3.05, 3.63) is 59.4 Å². The van der Waals surface area contributed by atoms with Gasteiger partial charge < -0.3 is 10.5 Å². The standard InChI is InChI=1S/C17H18FNOS/c1-11(19)15-7-6-13(9-16(15)18)20-10-14-8-12-4-2-3-5-17(12)21-14/h2-7,9,11,14H,8,10,19H2,1H3. The van der Waals surface area contributed by atoms with E-state index in [0.29, 0.717) is 23.2 Å². The molecule has 2 aromatic rings. The van der Waals surface area contributed by atoms with Crippen LogP contribution in [0.4, 0.5) is 4.39 Å². The van der Waals surface area contributed by atoms with Gasteiger partial charge in [0.05, 0.1) is 0 Å². The molecule has 0 aromatic heterocycles. The van der Waals surface area contributed by atoms with Crippen LogP contribution in [-0.2, 0) is 6.42 Å². The van der Waals surface area contributed by atoms with E-state index < -0.39 is 0 Å². The lowest BCUT2D eigenvalue weighted by atomic mass is 10.1. The third kappa shape index (κ3) is 3.22. The quantitative estimate of drug-likeness (QED) is 0.929. The summed E-state index contributed by atoms with van der Waals surface area (Å²) >= 11 is 1.83. The van der Waals surface area contributed by atoms with Gasteiger partial charge in [0.15, 0.2) is 0 Å². The Morgan fingerprint density at radius 3 is 2.86 bits per heavy atom. The summed E-state index contributed by atoms with van der Waals surface area (Å²) in [4.78, 5) is 1.32. The molecule has 0 fully saturated rings. The lowest BCUT2D eigenvalue weighted by Crippen LogP contribution is -2.14. The molecule has 0 amide bonds. The Bertz CT molecular complexity index is 619. The van der Waals surface area contributed by atoms with Crippen LogP contribution >= 0.6 is 11.8 Å². The van der Waals surface area contributed by atoms with E-state index >= 15 is 0 Å². The zero-order valence-electron chi connectivity index (χ0n) is 11.9. The SMILES string of the molecule is CC(N)c1ccc(OCC2Cc3ccccc3S2)cc1F. The van der Waals surface area contributed by atoms with Crippen LogP contribution in [0.1, 0.15) is 24.1 Å². The molecule has 4 heteroatoms. The number of ether oxygens (including phenoxy) is 1. The Kier molecular flexibility index (Phi) is 4.17. The topological polar surface area (TPSA) is 35.2 Å². The van der Waals surface area contributed by atoms with Crippen molar-refractivity contribution in [3.63, 3.8) is 0 Å². The van der Waals surface area contributed by atoms with E-state index in [-0.39, 0.29) is 11.9 Å². The Balaban J connectivity index is 1.61. The minimum atomic E-state index is -0.307. The maximum atomic E-state index is 13.9.